The van der Waals surface area contributed by atoms with Crippen LogP contribution in [0.4, 0.5) is 0 Å². The molecule has 3 atom stereocenters. The summed E-state index contributed by atoms with van der Waals surface area (Å²) in [6.45, 7) is 9.11. The fraction of sp³-hybridized carbons (Fsp3) is 0.950. The van der Waals surface area contributed by atoms with E-state index in [4.69, 9.17) is 5.73 Å². The molecule has 0 bridgehead atoms. The number of hydrogen-bond acceptors (Lipinski definition) is 3. The molecule has 0 heterocycles. The lowest BCUT2D eigenvalue weighted by Gasteiger charge is -2.29. The number of amides is 1. The lowest BCUT2D eigenvalue weighted by Crippen LogP contribution is -2.42. The molecule has 0 aromatic heterocycles. The van der Waals surface area contributed by atoms with E-state index in [9.17, 15) is 9.90 Å². The van der Waals surface area contributed by atoms with Gasteiger partial charge in [-0.3, -0.25) is 4.79 Å². The van der Waals surface area contributed by atoms with Gasteiger partial charge in [0.05, 0.1) is 6.10 Å². The molecule has 0 aliphatic heterocycles. The van der Waals surface area contributed by atoms with Crippen LogP contribution in [0.2, 0.25) is 0 Å². The minimum absolute atomic E-state index is 0.0644. The molecule has 1 aliphatic carbocycles. The van der Waals surface area contributed by atoms with Crippen LogP contribution in [0.25, 0.3) is 0 Å². The molecule has 1 aliphatic rings. The van der Waals surface area contributed by atoms with Gasteiger partial charge in [0.1, 0.15) is 0 Å². The summed E-state index contributed by atoms with van der Waals surface area (Å²) in [4.78, 5) is 12.5. The summed E-state index contributed by atoms with van der Waals surface area (Å²) in [5.74, 6) is 1.35. The fourth-order valence-corrected chi connectivity index (χ4v) is 3.70. The maximum atomic E-state index is 12.5. The molecule has 0 spiro atoms. The molecular weight excluding hydrogens is 300 g/mol. The Balaban J connectivity index is 2.45. The maximum Gasteiger partial charge on any atom is 0.223 e. The first-order valence-electron chi connectivity index (χ1n) is 10.0. The zero-order chi connectivity index (χ0) is 18.1. The lowest BCUT2D eigenvalue weighted by atomic mass is 9.81. The van der Waals surface area contributed by atoms with Gasteiger partial charge in [0.25, 0.3) is 0 Å². The molecule has 24 heavy (non-hydrogen) atoms. The van der Waals surface area contributed by atoms with E-state index in [1.807, 2.05) is 13.8 Å². The van der Waals surface area contributed by atoms with Crippen LogP contribution in [0, 0.1) is 23.7 Å². The van der Waals surface area contributed by atoms with Gasteiger partial charge in [-0.25, -0.2) is 0 Å². The normalized spacial score (nSPS) is 20.2. The molecular formula is C20H40N2O2. The molecule has 1 amide bonds. The molecule has 0 saturated heterocycles. The Hall–Kier alpha value is -0.610. The Bertz CT molecular complexity index is 352. The van der Waals surface area contributed by atoms with Crippen molar-refractivity contribution in [2.24, 2.45) is 29.4 Å². The van der Waals surface area contributed by atoms with Gasteiger partial charge in [-0.05, 0) is 37.0 Å². The quantitative estimate of drug-likeness (QED) is 0.570. The Labute approximate surface area is 149 Å². The zero-order valence-electron chi connectivity index (χ0n) is 16.3. The predicted molar refractivity (Wildman–Crippen MR) is 101 cm³/mol. The topological polar surface area (TPSA) is 75.3 Å². The second-order valence-electron chi connectivity index (χ2n) is 8.53. The van der Waals surface area contributed by atoms with Crippen molar-refractivity contribution >= 4 is 5.91 Å². The van der Waals surface area contributed by atoms with Gasteiger partial charge in [0, 0.05) is 18.5 Å². The van der Waals surface area contributed by atoms with E-state index in [1.165, 1.54) is 32.1 Å². The van der Waals surface area contributed by atoms with Gasteiger partial charge in [-0.1, -0.05) is 59.8 Å². The van der Waals surface area contributed by atoms with Gasteiger partial charge in [0.15, 0.2) is 0 Å². The third-order valence-electron chi connectivity index (χ3n) is 5.48. The van der Waals surface area contributed by atoms with Crippen LogP contribution < -0.4 is 11.1 Å². The lowest BCUT2D eigenvalue weighted by molar-refractivity contribution is -0.127. The molecule has 1 rings (SSSR count). The molecule has 1 fully saturated rings. The number of nitrogens with one attached hydrogen (secondary N) is 1. The van der Waals surface area contributed by atoms with E-state index in [-0.39, 0.29) is 23.8 Å². The van der Waals surface area contributed by atoms with Crippen molar-refractivity contribution < 1.29 is 9.90 Å². The summed E-state index contributed by atoms with van der Waals surface area (Å²) in [5, 5.41) is 13.6. The summed E-state index contributed by atoms with van der Waals surface area (Å²) in [7, 11) is 0. The van der Waals surface area contributed by atoms with Crippen molar-refractivity contribution in [3.63, 3.8) is 0 Å². The average molecular weight is 341 g/mol. The molecule has 0 radical (unpaired) electrons. The van der Waals surface area contributed by atoms with Crippen molar-refractivity contribution in [3.05, 3.63) is 0 Å². The second kappa shape index (κ2) is 11.1. The molecule has 0 aromatic carbocycles. The highest BCUT2D eigenvalue weighted by molar-refractivity contribution is 5.78. The van der Waals surface area contributed by atoms with E-state index in [2.05, 4.69) is 19.2 Å². The van der Waals surface area contributed by atoms with Crippen LogP contribution >= 0.6 is 0 Å². The van der Waals surface area contributed by atoms with E-state index in [0.29, 0.717) is 24.8 Å². The fourth-order valence-electron chi connectivity index (χ4n) is 3.70. The molecule has 1 saturated carbocycles. The first-order chi connectivity index (χ1) is 11.3. The largest absolute Gasteiger partial charge is 0.391 e. The van der Waals surface area contributed by atoms with Crippen LogP contribution in [-0.4, -0.2) is 29.7 Å². The zero-order valence-corrected chi connectivity index (χ0v) is 16.3. The average Bonchev–Trinajstić information content (AvgIpc) is 2.52. The van der Waals surface area contributed by atoms with Crippen molar-refractivity contribution in [2.45, 2.75) is 91.2 Å². The maximum absolute atomic E-state index is 12.5. The third-order valence-corrected chi connectivity index (χ3v) is 5.48. The number of aliphatic hydroxyl groups is 1. The monoisotopic (exact) mass is 340 g/mol. The highest BCUT2D eigenvalue weighted by atomic mass is 16.3. The van der Waals surface area contributed by atoms with Crippen LogP contribution in [0.5, 0.6) is 0 Å². The van der Waals surface area contributed by atoms with Crippen molar-refractivity contribution in [1.82, 2.24) is 5.32 Å². The Morgan fingerprint density at radius 2 is 1.79 bits per heavy atom. The molecule has 4 N–H and O–H groups in total. The number of nitrogens with two attached hydrogens (primary N) is 1. The highest BCUT2D eigenvalue weighted by Crippen LogP contribution is 2.28. The summed E-state index contributed by atoms with van der Waals surface area (Å²) in [6, 6.07) is -0.210. The number of carbonyl (C=O) groups is 1. The molecule has 4 heteroatoms. The Morgan fingerprint density at radius 3 is 2.33 bits per heavy atom. The van der Waals surface area contributed by atoms with E-state index in [0.717, 1.165) is 12.8 Å². The van der Waals surface area contributed by atoms with E-state index >= 15 is 0 Å². The Morgan fingerprint density at radius 1 is 1.17 bits per heavy atom. The number of carbonyl (C=O) groups excluding carboxylic acids is 1. The van der Waals surface area contributed by atoms with Crippen molar-refractivity contribution in [3.8, 4) is 0 Å². The summed E-state index contributed by atoms with van der Waals surface area (Å²) in [5.41, 5.74) is 6.25. The first-order valence-corrected chi connectivity index (χ1v) is 10.0. The van der Waals surface area contributed by atoms with Gasteiger partial charge in [-0.15, -0.1) is 0 Å². The van der Waals surface area contributed by atoms with E-state index in [1.54, 1.807) is 0 Å². The molecule has 0 aromatic rings. The number of hydrogen-bond donors (Lipinski definition) is 3. The standard InChI is InChI=1S/C20H40N2O2/c1-14(2)10-11-22-20(24)17(15(3)4)13-19(23)18(21)12-16-8-6-5-7-9-16/h14-19,23H,5-13,21H2,1-4H3,(H,22,24)/t17-,18?,19-/m0/s1. The molecule has 142 valence electrons. The van der Waals surface area contributed by atoms with Gasteiger partial charge < -0.3 is 16.2 Å². The van der Waals surface area contributed by atoms with Gasteiger partial charge in [-0.2, -0.15) is 0 Å². The number of rotatable bonds is 10. The van der Waals surface area contributed by atoms with Crippen molar-refractivity contribution in [2.75, 3.05) is 6.54 Å². The molecule has 1 unspecified atom stereocenters. The smallest absolute Gasteiger partial charge is 0.223 e. The molecule has 4 nitrogen and oxygen atoms in total. The Kier molecular flexibility index (Phi) is 9.91. The predicted octanol–water partition coefficient (Wildman–Crippen LogP) is 3.47. The third kappa shape index (κ3) is 7.98. The van der Waals surface area contributed by atoms with Crippen molar-refractivity contribution in [1.29, 1.82) is 0 Å². The minimum Gasteiger partial charge on any atom is -0.391 e. The summed E-state index contributed by atoms with van der Waals surface area (Å²) in [6.07, 6.45) is 8.16. The summed E-state index contributed by atoms with van der Waals surface area (Å²) < 4.78 is 0. The second-order valence-corrected chi connectivity index (χ2v) is 8.53. The van der Waals surface area contributed by atoms with Crippen LogP contribution in [0.15, 0.2) is 0 Å². The summed E-state index contributed by atoms with van der Waals surface area (Å²) >= 11 is 0. The minimum atomic E-state index is -0.588. The van der Waals surface area contributed by atoms with Gasteiger partial charge >= 0.3 is 0 Å². The van der Waals surface area contributed by atoms with Crippen LogP contribution in [0.3, 0.4) is 0 Å². The van der Waals surface area contributed by atoms with Gasteiger partial charge in [0.2, 0.25) is 5.91 Å². The van der Waals surface area contributed by atoms with E-state index < -0.39 is 6.10 Å². The highest BCUT2D eigenvalue weighted by Gasteiger charge is 2.29. The number of aliphatic hydroxyl groups excluding tert-OH is 1. The SMILES string of the molecule is CC(C)CCNC(=O)[C@@H](C[C@H](O)C(N)CC1CCCCC1)C(C)C. The first kappa shape index (κ1) is 21.4. The van der Waals surface area contributed by atoms with Crippen LogP contribution in [0.1, 0.15) is 79.1 Å². The van der Waals surface area contributed by atoms with Crippen LogP contribution in [-0.2, 0) is 4.79 Å².